The Morgan fingerprint density at radius 2 is 1.27 bits per heavy atom. The molecule has 0 saturated heterocycles. The zero-order chi connectivity index (χ0) is 14.4. The third kappa shape index (κ3) is 0.654. The van der Waals surface area contributed by atoms with Crippen LogP contribution in [0.1, 0.15) is 35.8 Å². The van der Waals surface area contributed by atoms with Crippen molar-refractivity contribution in [2.45, 2.75) is 24.7 Å². The van der Waals surface area contributed by atoms with Crippen LogP contribution in [0.2, 0.25) is 0 Å². The van der Waals surface area contributed by atoms with E-state index in [-0.39, 0.29) is 0 Å². The van der Waals surface area contributed by atoms with Crippen LogP contribution in [0.15, 0.2) is 24.3 Å². The number of hydrogen-bond donors (Lipinski definition) is 0. The van der Waals surface area contributed by atoms with Crippen LogP contribution >= 0.6 is 0 Å². The Hall–Kier alpha value is -1.44. The summed E-state index contributed by atoms with van der Waals surface area (Å²) < 4.78 is 11.6. The van der Waals surface area contributed by atoms with Gasteiger partial charge in [0.25, 0.3) is 0 Å². The van der Waals surface area contributed by atoms with Gasteiger partial charge in [-0.2, -0.15) is 0 Å². The molecule has 2 heteroatoms. The average Bonchev–Trinajstić information content (AvgIpc) is 2.54. The van der Waals surface area contributed by atoms with Crippen molar-refractivity contribution in [1.82, 2.24) is 0 Å². The topological polar surface area (TPSA) is 18.5 Å². The Kier molecular flexibility index (Phi) is 1.45. The maximum absolute atomic E-state index is 5.79. The molecule has 0 aromatic heterocycles. The van der Waals surface area contributed by atoms with Crippen molar-refractivity contribution in [3.8, 4) is 11.5 Å². The molecule has 8 unspecified atom stereocenters. The lowest BCUT2D eigenvalue weighted by Gasteiger charge is -3.03. The summed E-state index contributed by atoms with van der Waals surface area (Å²) in [7, 11) is 3.66. The van der Waals surface area contributed by atoms with E-state index in [2.05, 4.69) is 24.3 Å². The molecular weight excluding hydrogens is 272 g/mol. The van der Waals surface area contributed by atoms with Gasteiger partial charge in [-0.15, -0.1) is 0 Å². The minimum absolute atomic E-state index is 0.600. The summed E-state index contributed by atoms with van der Waals surface area (Å²) in [5, 5.41) is 0. The lowest BCUT2D eigenvalue weighted by molar-refractivity contribution is -0.516. The number of allylic oxidation sites excluding steroid dienone is 2. The quantitative estimate of drug-likeness (QED) is 0.773. The maximum Gasteiger partial charge on any atom is 0.122 e. The first kappa shape index (κ1) is 11.2. The molecule has 2 spiro atoms. The molecule has 0 aliphatic heterocycles. The first-order valence-corrected chi connectivity index (χ1v) is 8.72. The van der Waals surface area contributed by atoms with Crippen molar-refractivity contribution < 1.29 is 9.47 Å². The summed E-state index contributed by atoms with van der Waals surface area (Å²) in [6, 6.07) is 4.28. The summed E-state index contributed by atoms with van der Waals surface area (Å²) >= 11 is 0. The summed E-state index contributed by atoms with van der Waals surface area (Å²) in [6.45, 7) is 0. The van der Waals surface area contributed by atoms with Crippen molar-refractivity contribution in [2.24, 2.45) is 34.5 Å². The van der Waals surface area contributed by atoms with Crippen LogP contribution in [0.25, 0.3) is 0 Å². The number of benzene rings is 1. The van der Waals surface area contributed by atoms with Crippen molar-refractivity contribution in [3.63, 3.8) is 0 Å². The van der Waals surface area contributed by atoms with E-state index in [1.807, 2.05) is 14.2 Å². The highest BCUT2D eigenvalue weighted by Gasteiger charge is 3.01. The molecule has 22 heavy (non-hydrogen) atoms. The molecule has 0 N–H and O–H groups in total. The fourth-order valence-corrected chi connectivity index (χ4v) is 8.92. The second kappa shape index (κ2) is 2.86. The van der Waals surface area contributed by atoms with Gasteiger partial charge in [0.05, 0.1) is 14.2 Å². The average molecular weight is 292 g/mol. The minimum Gasteiger partial charge on any atom is -0.496 e. The van der Waals surface area contributed by atoms with Crippen LogP contribution in [0.3, 0.4) is 0 Å². The molecule has 2 nitrogen and oxygen atoms in total. The fourth-order valence-electron chi connectivity index (χ4n) is 8.92. The predicted octanol–water partition coefficient (Wildman–Crippen LogP) is 3.73. The van der Waals surface area contributed by atoms with Crippen LogP contribution in [-0.4, -0.2) is 14.2 Å². The molecule has 4 saturated carbocycles. The highest BCUT2D eigenvalue weighted by atomic mass is 16.5. The van der Waals surface area contributed by atoms with Crippen molar-refractivity contribution in [2.75, 3.05) is 14.2 Å². The molecular formula is C20H20O2. The second-order valence-electron chi connectivity index (χ2n) is 8.42. The summed E-state index contributed by atoms with van der Waals surface area (Å²) in [4.78, 5) is 0. The molecule has 0 radical (unpaired) electrons. The van der Waals surface area contributed by atoms with E-state index in [9.17, 15) is 0 Å². The van der Waals surface area contributed by atoms with Crippen molar-refractivity contribution in [1.29, 1.82) is 0 Å². The van der Waals surface area contributed by atoms with Crippen molar-refractivity contribution >= 4 is 0 Å². The van der Waals surface area contributed by atoms with Crippen molar-refractivity contribution in [3.05, 3.63) is 35.4 Å². The van der Waals surface area contributed by atoms with Crippen LogP contribution in [-0.2, 0) is 0 Å². The number of hydrogen-bond acceptors (Lipinski definition) is 2. The Morgan fingerprint density at radius 1 is 0.818 bits per heavy atom. The van der Waals surface area contributed by atoms with Gasteiger partial charge in [0.2, 0.25) is 0 Å². The number of rotatable bonds is 2. The third-order valence-electron chi connectivity index (χ3n) is 8.94. The molecule has 7 aliphatic carbocycles. The lowest BCUT2D eigenvalue weighted by atomic mass is 9.00. The zero-order valence-electron chi connectivity index (χ0n) is 13.0. The first-order valence-electron chi connectivity index (χ1n) is 8.72. The van der Waals surface area contributed by atoms with Gasteiger partial charge in [0.15, 0.2) is 0 Å². The van der Waals surface area contributed by atoms with Gasteiger partial charge >= 0.3 is 0 Å². The van der Waals surface area contributed by atoms with Crippen LogP contribution in [0.4, 0.5) is 0 Å². The fraction of sp³-hybridized carbons (Fsp3) is 0.600. The Labute approximate surface area is 130 Å². The van der Waals surface area contributed by atoms with E-state index in [1.54, 1.807) is 0 Å². The van der Waals surface area contributed by atoms with Crippen LogP contribution < -0.4 is 9.47 Å². The van der Waals surface area contributed by atoms with Gasteiger partial charge in [0.1, 0.15) is 11.5 Å². The summed E-state index contributed by atoms with van der Waals surface area (Å²) in [5.74, 6) is 7.78. The predicted molar refractivity (Wildman–Crippen MR) is 82.2 cm³/mol. The summed E-state index contributed by atoms with van der Waals surface area (Å²) in [6.07, 6.45) is 7.59. The standard InChI is InChI=1S/C20H20O2/c1-21-9-5-6-10(22-2)12-11(9)15-13-14-16(12)20-8-4-3-7-19(15,20)17(13)18(14)20/h3-6,13-18H,7-8H2,1-2H3. The molecule has 1 aromatic carbocycles. The van der Waals surface area contributed by atoms with E-state index < -0.39 is 0 Å². The van der Waals surface area contributed by atoms with Crippen LogP contribution in [0, 0.1) is 34.5 Å². The normalized spacial score (nSPS) is 55.5. The Morgan fingerprint density at radius 3 is 1.68 bits per heavy atom. The van der Waals surface area contributed by atoms with E-state index in [0.717, 1.165) is 47.0 Å². The lowest BCUT2D eigenvalue weighted by Crippen LogP contribution is -2.98. The maximum atomic E-state index is 5.79. The number of methoxy groups -OCH3 is 2. The van der Waals surface area contributed by atoms with Crippen LogP contribution in [0.5, 0.6) is 11.5 Å². The van der Waals surface area contributed by atoms with E-state index in [0.29, 0.717) is 10.8 Å². The molecule has 112 valence electrons. The van der Waals surface area contributed by atoms with Gasteiger partial charge in [0, 0.05) is 11.1 Å². The molecule has 1 aromatic rings. The SMILES string of the molecule is COc1ccc(OC)c2c1C1C3C4C2C25CC=CCC12C3C45. The molecule has 8 rings (SSSR count). The largest absolute Gasteiger partial charge is 0.496 e. The Balaban J connectivity index is 1.58. The number of ether oxygens (including phenoxy) is 2. The minimum atomic E-state index is 0.600. The van der Waals surface area contributed by atoms with E-state index in [1.165, 1.54) is 24.0 Å². The second-order valence-corrected chi connectivity index (χ2v) is 8.42. The Bertz CT molecular complexity index is 730. The van der Waals surface area contributed by atoms with Gasteiger partial charge < -0.3 is 9.47 Å². The van der Waals surface area contributed by atoms with Gasteiger partial charge in [-0.05, 0) is 71.3 Å². The molecule has 0 amide bonds. The van der Waals surface area contributed by atoms with E-state index >= 15 is 0 Å². The zero-order valence-corrected chi connectivity index (χ0v) is 13.0. The molecule has 8 atom stereocenters. The molecule has 7 aliphatic rings. The summed E-state index contributed by atoms with van der Waals surface area (Å²) in [5.41, 5.74) is 4.27. The highest BCUT2D eigenvalue weighted by molar-refractivity contribution is 5.69. The molecule has 2 bridgehead atoms. The van der Waals surface area contributed by atoms with Gasteiger partial charge in [-0.3, -0.25) is 0 Å². The monoisotopic (exact) mass is 292 g/mol. The highest BCUT2D eigenvalue weighted by Crippen LogP contribution is 3.06. The van der Waals surface area contributed by atoms with E-state index in [4.69, 9.17) is 9.47 Å². The smallest absolute Gasteiger partial charge is 0.122 e. The molecule has 0 heterocycles. The molecule has 4 fully saturated rings. The van der Waals surface area contributed by atoms with Gasteiger partial charge in [-0.25, -0.2) is 0 Å². The first-order chi connectivity index (χ1) is 10.8. The van der Waals surface area contributed by atoms with Gasteiger partial charge in [-0.1, -0.05) is 12.2 Å². The third-order valence-corrected chi connectivity index (χ3v) is 8.94.